The highest BCUT2D eigenvalue weighted by molar-refractivity contribution is 9.10. The summed E-state index contributed by atoms with van der Waals surface area (Å²) in [5.41, 5.74) is 2.46. The molecule has 0 fully saturated rings. The third kappa shape index (κ3) is 5.50. The fraction of sp³-hybridized carbons (Fsp3) is 0.273. The predicted molar refractivity (Wildman–Crippen MR) is 131 cm³/mol. The summed E-state index contributed by atoms with van der Waals surface area (Å²) in [6, 6.07) is 10.3. The zero-order valence-corrected chi connectivity index (χ0v) is 20.5. The largest absolute Gasteiger partial charge is 0.490 e. The Morgan fingerprint density at radius 1 is 1.16 bits per heavy atom. The maximum Gasteiger partial charge on any atom is 0.255 e. The molecule has 0 saturated heterocycles. The van der Waals surface area contributed by atoms with Gasteiger partial charge in [0.2, 0.25) is 0 Å². The molecule has 3 N–H and O–H groups in total. The van der Waals surface area contributed by atoms with Crippen LogP contribution in [0.5, 0.6) is 11.5 Å². The molecule has 9 heteroatoms. The topological polar surface area (TPSA) is 71.6 Å². The number of anilines is 1. The summed E-state index contributed by atoms with van der Waals surface area (Å²) in [5.74, 6) is 0.840. The van der Waals surface area contributed by atoms with E-state index in [0.29, 0.717) is 57.4 Å². The quantitative estimate of drug-likeness (QED) is 0.425. The summed E-state index contributed by atoms with van der Waals surface area (Å²) in [6.07, 6.45) is 0. The van der Waals surface area contributed by atoms with E-state index in [1.165, 1.54) is 0 Å². The van der Waals surface area contributed by atoms with Gasteiger partial charge in [-0.05, 0) is 63.3 Å². The van der Waals surface area contributed by atoms with Crippen molar-refractivity contribution >= 4 is 56.5 Å². The number of halogens is 2. The van der Waals surface area contributed by atoms with Crippen molar-refractivity contribution < 1.29 is 14.3 Å². The molecule has 0 unspecified atom stereocenters. The van der Waals surface area contributed by atoms with E-state index in [0.717, 1.165) is 4.47 Å². The third-order valence-corrected chi connectivity index (χ3v) is 5.67. The fourth-order valence-corrected chi connectivity index (χ4v) is 4.07. The normalized spacial score (nSPS) is 15.8. The number of benzene rings is 2. The van der Waals surface area contributed by atoms with Crippen LogP contribution < -0.4 is 25.4 Å². The van der Waals surface area contributed by atoms with Crippen LogP contribution in [0.4, 0.5) is 5.69 Å². The SMILES string of the molecule is CCOc1cc(Cl)c([C@@H]2NC(=S)NC(C)=C2C(=O)Nc2ccc(Br)cc2)cc1OCC. The van der Waals surface area contributed by atoms with Crippen molar-refractivity contribution in [3.05, 3.63) is 62.7 Å². The first-order chi connectivity index (χ1) is 14.8. The second-order valence-electron chi connectivity index (χ2n) is 6.72. The van der Waals surface area contributed by atoms with Crippen LogP contribution in [0.1, 0.15) is 32.4 Å². The van der Waals surface area contributed by atoms with Crippen LogP contribution in [0.2, 0.25) is 5.02 Å². The van der Waals surface area contributed by atoms with E-state index in [1.54, 1.807) is 12.1 Å². The molecule has 1 amide bonds. The van der Waals surface area contributed by atoms with Crippen LogP contribution in [0.15, 0.2) is 52.1 Å². The molecule has 1 atom stereocenters. The maximum absolute atomic E-state index is 13.2. The Labute approximate surface area is 200 Å². The molecule has 0 bridgehead atoms. The highest BCUT2D eigenvalue weighted by Gasteiger charge is 2.32. The van der Waals surface area contributed by atoms with Crippen LogP contribution in [0.3, 0.4) is 0 Å². The lowest BCUT2D eigenvalue weighted by atomic mass is 9.94. The second kappa shape index (κ2) is 10.3. The van der Waals surface area contributed by atoms with E-state index in [1.807, 2.05) is 45.0 Å². The second-order valence-corrected chi connectivity index (χ2v) is 8.45. The van der Waals surface area contributed by atoms with Crippen LogP contribution in [-0.2, 0) is 4.79 Å². The first-order valence-electron chi connectivity index (χ1n) is 9.78. The van der Waals surface area contributed by atoms with Crippen molar-refractivity contribution in [1.29, 1.82) is 0 Å². The summed E-state index contributed by atoms with van der Waals surface area (Å²) in [7, 11) is 0. The van der Waals surface area contributed by atoms with E-state index >= 15 is 0 Å². The van der Waals surface area contributed by atoms with Crippen LogP contribution in [-0.4, -0.2) is 24.2 Å². The number of thiocarbonyl (C=S) groups is 1. The number of ether oxygens (including phenoxy) is 2. The van der Waals surface area contributed by atoms with Crippen LogP contribution in [0, 0.1) is 0 Å². The van der Waals surface area contributed by atoms with Gasteiger partial charge >= 0.3 is 0 Å². The van der Waals surface area contributed by atoms with Gasteiger partial charge in [-0.1, -0.05) is 27.5 Å². The molecule has 2 aromatic rings. The average Bonchev–Trinajstić information content (AvgIpc) is 2.71. The van der Waals surface area contributed by atoms with Gasteiger partial charge in [0, 0.05) is 27.5 Å². The van der Waals surface area contributed by atoms with E-state index in [4.69, 9.17) is 33.3 Å². The molecule has 1 heterocycles. The number of rotatable bonds is 7. The predicted octanol–water partition coefficient (Wildman–Crippen LogP) is 5.33. The lowest BCUT2D eigenvalue weighted by Crippen LogP contribution is -2.45. The molecular formula is C22H23BrClN3O3S. The third-order valence-electron chi connectivity index (χ3n) is 4.59. The van der Waals surface area contributed by atoms with Gasteiger partial charge in [-0.15, -0.1) is 0 Å². The Bertz CT molecular complexity index is 1030. The molecule has 0 radical (unpaired) electrons. The minimum Gasteiger partial charge on any atom is -0.490 e. The standard InChI is InChI=1S/C22H23BrClN3O3S/c1-4-29-17-10-15(16(24)11-18(17)30-5-2)20-19(12(3)25-22(31)27-20)21(28)26-14-8-6-13(23)7-9-14/h6-11,20H,4-5H2,1-3H3,(H,26,28)(H2,25,27,31)/t20-/m0/s1. The Morgan fingerprint density at radius 2 is 1.77 bits per heavy atom. The van der Waals surface area contributed by atoms with Gasteiger partial charge in [0.05, 0.1) is 29.9 Å². The minimum absolute atomic E-state index is 0.268. The molecular weight excluding hydrogens is 502 g/mol. The van der Waals surface area contributed by atoms with Crippen molar-refractivity contribution in [3.8, 4) is 11.5 Å². The van der Waals surface area contributed by atoms with Gasteiger partial charge in [-0.25, -0.2) is 0 Å². The molecule has 2 aromatic carbocycles. The summed E-state index contributed by atoms with van der Waals surface area (Å²) in [4.78, 5) is 13.2. The van der Waals surface area contributed by atoms with Gasteiger partial charge in [0.1, 0.15) is 0 Å². The summed E-state index contributed by atoms with van der Waals surface area (Å²) < 4.78 is 12.3. The Kier molecular flexibility index (Phi) is 7.80. The molecule has 1 aliphatic rings. The molecule has 6 nitrogen and oxygen atoms in total. The number of carbonyl (C=O) groups is 1. The maximum atomic E-state index is 13.2. The summed E-state index contributed by atoms with van der Waals surface area (Å²) in [6.45, 7) is 6.53. The molecule has 0 saturated carbocycles. The van der Waals surface area contributed by atoms with Crippen molar-refractivity contribution in [1.82, 2.24) is 10.6 Å². The van der Waals surface area contributed by atoms with Crippen molar-refractivity contribution in [2.45, 2.75) is 26.8 Å². The number of amides is 1. The van der Waals surface area contributed by atoms with Gasteiger partial charge < -0.3 is 25.4 Å². The van der Waals surface area contributed by atoms with Crippen LogP contribution >= 0.6 is 39.7 Å². The first-order valence-corrected chi connectivity index (χ1v) is 11.4. The first kappa shape index (κ1) is 23.4. The summed E-state index contributed by atoms with van der Waals surface area (Å²) >= 11 is 15.4. The van der Waals surface area contributed by atoms with E-state index in [-0.39, 0.29) is 5.91 Å². The number of carbonyl (C=O) groups excluding carboxylic acids is 1. The van der Waals surface area contributed by atoms with Crippen molar-refractivity contribution in [2.24, 2.45) is 0 Å². The number of hydrogen-bond donors (Lipinski definition) is 3. The molecule has 0 spiro atoms. The number of nitrogens with one attached hydrogen (secondary N) is 3. The molecule has 164 valence electrons. The smallest absolute Gasteiger partial charge is 0.255 e. The number of allylic oxidation sites excluding steroid dienone is 1. The zero-order valence-electron chi connectivity index (χ0n) is 17.3. The van der Waals surface area contributed by atoms with E-state index in [9.17, 15) is 4.79 Å². The van der Waals surface area contributed by atoms with Crippen LogP contribution in [0.25, 0.3) is 0 Å². The van der Waals surface area contributed by atoms with E-state index in [2.05, 4.69) is 31.9 Å². The molecule has 0 aliphatic carbocycles. The highest BCUT2D eigenvalue weighted by atomic mass is 79.9. The lowest BCUT2D eigenvalue weighted by Gasteiger charge is -2.31. The zero-order chi connectivity index (χ0) is 22.5. The van der Waals surface area contributed by atoms with Gasteiger partial charge in [0.15, 0.2) is 16.6 Å². The van der Waals surface area contributed by atoms with Gasteiger partial charge in [-0.3, -0.25) is 4.79 Å². The molecule has 31 heavy (non-hydrogen) atoms. The minimum atomic E-state index is -0.563. The summed E-state index contributed by atoms with van der Waals surface area (Å²) in [5, 5.41) is 9.98. The molecule has 0 aromatic heterocycles. The molecule has 1 aliphatic heterocycles. The lowest BCUT2D eigenvalue weighted by molar-refractivity contribution is -0.113. The van der Waals surface area contributed by atoms with Crippen molar-refractivity contribution in [3.63, 3.8) is 0 Å². The number of hydrogen-bond acceptors (Lipinski definition) is 4. The fourth-order valence-electron chi connectivity index (χ4n) is 3.27. The Morgan fingerprint density at radius 3 is 2.39 bits per heavy atom. The van der Waals surface area contributed by atoms with Gasteiger partial charge in [0.25, 0.3) is 5.91 Å². The van der Waals surface area contributed by atoms with Crippen molar-refractivity contribution in [2.75, 3.05) is 18.5 Å². The molecule has 3 rings (SSSR count). The monoisotopic (exact) mass is 523 g/mol. The Balaban J connectivity index is 2.02. The van der Waals surface area contributed by atoms with Gasteiger partial charge in [-0.2, -0.15) is 0 Å². The Hall–Kier alpha value is -2.29. The van der Waals surface area contributed by atoms with E-state index < -0.39 is 6.04 Å². The average molecular weight is 525 g/mol. The highest BCUT2D eigenvalue weighted by Crippen LogP contribution is 2.39.